The number of hydrogen-bond acceptors (Lipinski definition) is 4. The molecule has 0 saturated carbocycles. The van der Waals surface area contributed by atoms with Crippen molar-refractivity contribution in [2.75, 3.05) is 20.3 Å². The largest absolute Gasteiger partial charge is 0.383 e. The van der Waals surface area contributed by atoms with E-state index in [1.165, 1.54) is 0 Å². The Kier molecular flexibility index (Phi) is 4.65. The SMILES string of the molecule is COCC(C)NCCn1cnc2ccccc2c1=O. The van der Waals surface area contributed by atoms with Gasteiger partial charge in [-0.2, -0.15) is 0 Å². The Hall–Kier alpha value is -1.72. The van der Waals surface area contributed by atoms with Crippen molar-refractivity contribution >= 4 is 10.9 Å². The van der Waals surface area contributed by atoms with E-state index in [4.69, 9.17) is 4.74 Å². The summed E-state index contributed by atoms with van der Waals surface area (Å²) in [7, 11) is 1.68. The highest BCUT2D eigenvalue weighted by molar-refractivity contribution is 5.76. The van der Waals surface area contributed by atoms with Gasteiger partial charge in [-0.1, -0.05) is 12.1 Å². The van der Waals surface area contributed by atoms with Crippen LogP contribution in [0.15, 0.2) is 35.4 Å². The molecule has 2 rings (SSSR count). The summed E-state index contributed by atoms with van der Waals surface area (Å²) in [5.41, 5.74) is 0.747. The number of nitrogens with one attached hydrogen (secondary N) is 1. The van der Waals surface area contributed by atoms with Crippen molar-refractivity contribution in [2.24, 2.45) is 0 Å². The van der Waals surface area contributed by atoms with E-state index in [2.05, 4.69) is 10.3 Å². The van der Waals surface area contributed by atoms with Gasteiger partial charge in [0.25, 0.3) is 5.56 Å². The molecule has 2 aromatic rings. The number of aromatic nitrogens is 2. The predicted molar refractivity (Wildman–Crippen MR) is 75.3 cm³/mol. The van der Waals surface area contributed by atoms with Crippen LogP contribution in [0.4, 0.5) is 0 Å². The van der Waals surface area contributed by atoms with E-state index in [1.54, 1.807) is 18.0 Å². The van der Waals surface area contributed by atoms with Crippen molar-refractivity contribution in [2.45, 2.75) is 19.5 Å². The minimum Gasteiger partial charge on any atom is -0.383 e. The molecule has 19 heavy (non-hydrogen) atoms. The van der Waals surface area contributed by atoms with E-state index < -0.39 is 0 Å². The summed E-state index contributed by atoms with van der Waals surface area (Å²) < 4.78 is 6.68. The molecule has 1 atom stereocenters. The number of methoxy groups -OCH3 is 1. The van der Waals surface area contributed by atoms with E-state index in [0.29, 0.717) is 25.1 Å². The highest BCUT2D eigenvalue weighted by Crippen LogP contribution is 2.04. The van der Waals surface area contributed by atoms with Crippen LogP contribution in [-0.4, -0.2) is 35.9 Å². The number of benzene rings is 1. The standard InChI is InChI=1S/C14H19N3O2/c1-11(9-19-2)15-7-8-17-10-16-13-6-4-3-5-12(13)14(17)18/h3-6,10-11,15H,7-9H2,1-2H3. The summed E-state index contributed by atoms with van der Waals surface area (Å²) in [5.74, 6) is 0. The van der Waals surface area contributed by atoms with Crippen LogP contribution in [0.5, 0.6) is 0 Å². The van der Waals surface area contributed by atoms with Crippen LogP contribution in [-0.2, 0) is 11.3 Å². The highest BCUT2D eigenvalue weighted by Gasteiger charge is 2.04. The van der Waals surface area contributed by atoms with Gasteiger partial charge in [0.2, 0.25) is 0 Å². The Morgan fingerprint density at radius 3 is 3.00 bits per heavy atom. The molecule has 5 heteroatoms. The number of ether oxygens (including phenoxy) is 1. The molecule has 1 aromatic heterocycles. The molecule has 0 amide bonds. The van der Waals surface area contributed by atoms with Gasteiger partial charge in [-0.3, -0.25) is 9.36 Å². The number of hydrogen-bond donors (Lipinski definition) is 1. The van der Waals surface area contributed by atoms with E-state index >= 15 is 0 Å². The van der Waals surface area contributed by atoms with Crippen LogP contribution in [0.3, 0.4) is 0 Å². The van der Waals surface area contributed by atoms with Crippen molar-refractivity contribution in [3.63, 3.8) is 0 Å². The maximum atomic E-state index is 12.2. The molecule has 102 valence electrons. The van der Waals surface area contributed by atoms with Gasteiger partial charge in [-0.05, 0) is 19.1 Å². The zero-order chi connectivity index (χ0) is 13.7. The van der Waals surface area contributed by atoms with Crippen molar-refractivity contribution in [1.29, 1.82) is 0 Å². The normalized spacial score (nSPS) is 12.7. The lowest BCUT2D eigenvalue weighted by molar-refractivity contribution is 0.172. The fraction of sp³-hybridized carbons (Fsp3) is 0.429. The van der Waals surface area contributed by atoms with E-state index in [9.17, 15) is 4.79 Å². The minimum absolute atomic E-state index is 0.00629. The molecule has 0 spiro atoms. The van der Waals surface area contributed by atoms with Crippen LogP contribution in [0.2, 0.25) is 0 Å². The van der Waals surface area contributed by atoms with Crippen LogP contribution in [0.25, 0.3) is 10.9 Å². The number of rotatable bonds is 6. The molecule has 1 aromatic carbocycles. The molecule has 1 unspecified atom stereocenters. The maximum Gasteiger partial charge on any atom is 0.261 e. The Balaban J connectivity index is 2.05. The third-order valence-electron chi connectivity index (χ3n) is 2.99. The first-order chi connectivity index (χ1) is 9.22. The lowest BCUT2D eigenvalue weighted by atomic mass is 10.2. The molecular weight excluding hydrogens is 242 g/mol. The summed E-state index contributed by atoms with van der Waals surface area (Å²) in [6.45, 7) is 4.02. The fourth-order valence-corrected chi connectivity index (χ4v) is 2.01. The Morgan fingerprint density at radius 2 is 2.21 bits per heavy atom. The summed E-state index contributed by atoms with van der Waals surface area (Å²) in [5, 5.41) is 3.96. The fourth-order valence-electron chi connectivity index (χ4n) is 2.01. The van der Waals surface area contributed by atoms with Crippen molar-refractivity contribution in [1.82, 2.24) is 14.9 Å². The highest BCUT2D eigenvalue weighted by atomic mass is 16.5. The first kappa shape index (κ1) is 13.7. The van der Waals surface area contributed by atoms with Crippen LogP contribution < -0.4 is 10.9 Å². The molecule has 0 aliphatic carbocycles. The molecule has 0 bridgehead atoms. The zero-order valence-electron chi connectivity index (χ0n) is 11.3. The van der Waals surface area contributed by atoms with Crippen molar-refractivity contribution < 1.29 is 4.74 Å². The second-order valence-electron chi connectivity index (χ2n) is 4.57. The van der Waals surface area contributed by atoms with Crippen molar-refractivity contribution in [3.05, 3.63) is 40.9 Å². The van der Waals surface area contributed by atoms with Gasteiger partial charge in [0.15, 0.2) is 0 Å². The van der Waals surface area contributed by atoms with Crippen LogP contribution in [0, 0.1) is 0 Å². The molecule has 0 saturated heterocycles. The van der Waals surface area contributed by atoms with E-state index in [1.807, 2.05) is 31.2 Å². The Bertz CT molecular complexity index is 595. The van der Waals surface area contributed by atoms with Gasteiger partial charge < -0.3 is 10.1 Å². The lowest BCUT2D eigenvalue weighted by Crippen LogP contribution is -2.34. The molecular formula is C14H19N3O2. The van der Waals surface area contributed by atoms with Gasteiger partial charge in [0, 0.05) is 26.2 Å². The van der Waals surface area contributed by atoms with Gasteiger partial charge in [-0.15, -0.1) is 0 Å². The van der Waals surface area contributed by atoms with Crippen molar-refractivity contribution in [3.8, 4) is 0 Å². The number of fused-ring (bicyclic) bond motifs is 1. The summed E-state index contributed by atoms with van der Waals surface area (Å²) >= 11 is 0. The van der Waals surface area contributed by atoms with E-state index in [0.717, 1.165) is 5.52 Å². The second kappa shape index (κ2) is 6.45. The molecule has 0 aliphatic rings. The average Bonchev–Trinajstić information content (AvgIpc) is 2.42. The molecule has 1 heterocycles. The van der Waals surface area contributed by atoms with Gasteiger partial charge in [0.05, 0.1) is 23.8 Å². The average molecular weight is 261 g/mol. The monoisotopic (exact) mass is 261 g/mol. The number of para-hydroxylation sites is 1. The van der Waals surface area contributed by atoms with Gasteiger partial charge >= 0.3 is 0 Å². The summed E-state index contributed by atoms with van der Waals surface area (Å²) in [6, 6.07) is 7.67. The van der Waals surface area contributed by atoms with Gasteiger partial charge in [0.1, 0.15) is 0 Å². The topological polar surface area (TPSA) is 56.1 Å². The zero-order valence-corrected chi connectivity index (χ0v) is 11.3. The second-order valence-corrected chi connectivity index (χ2v) is 4.57. The molecule has 0 radical (unpaired) electrons. The third-order valence-corrected chi connectivity index (χ3v) is 2.99. The quantitative estimate of drug-likeness (QED) is 0.843. The smallest absolute Gasteiger partial charge is 0.261 e. The first-order valence-corrected chi connectivity index (χ1v) is 6.39. The van der Waals surface area contributed by atoms with Crippen LogP contribution in [0.1, 0.15) is 6.92 Å². The third kappa shape index (κ3) is 3.39. The maximum absolute atomic E-state index is 12.2. The first-order valence-electron chi connectivity index (χ1n) is 6.39. The van der Waals surface area contributed by atoms with Crippen LogP contribution >= 0.6 is 0 Å². The summed E-state index contributed by atoms with van der Waals surface area (Å²) in [6.07, 6.45) is 1.60. The number of nitrogens with zero attached hydrogens (tertiary/aromatic N) is 2. The molecule has 0 aliphatic heterocycles. The predicted octanol–water partition coefficient (Wildman–Crippen LogP) is 1.02. The minimum atomic E-state index is 0.00629. The lowest BCUT2D eigenvalue weighted by Gasteiger charge is -2.13. The summed E-state index contributed by atoms with van der Waals surface area (Å²) in [4.78, 5) is 16.5. The van der Waals surface area contributed by atoms with Gasteiger partial charge in [-0.25, -0.2) is 4.98 Å². The van der Waals surface area contributed by atoms with E-state index in [-0.39, 0.29) is 11.6 Å². The Labute approximate surface area is 112 Å². The molecule has 1 N–H and O–H groups in total. The molecule has 0 fully saturated rings. The Morgan fingerprint density at radius 1 is 1.42 bits per heavy atom. The molecule has 5 nitrogen and oxygen atoms in total.